The van der Waals surface area contributed by atoms with Gasteiger partial charge in [-0.25, -0.2) is 9.89 Å². The Hall–Kier alpha value is -1.10. The Kier molecular flexibility index (Phi) is 3.50. The van der Waals surface area contributed by atoms with Gasteiger partial charge >= 0.3 is 5.69 Å². The van der Waals surface area contributed by atoms with Crippen LogP contribution < -0.4 is 11.0 Å². The van der Waals surface area contributed by atoms with Crippen molar-refractivity contribution in [1.29, 1.82) is 0 Å². The van der Waals surface area contributed by atoms with Crippen molar-refractivity contribution >= 4 is 0 Å². The number of aromatic nitrogens is 3. The number of hydrogen-bond acceptors (Lipinski definition) is 3. The zero-order chi connectivity index (χ0) is 12.4. The van der Waals surface area contributed by atoms with Gasteiger partial charge in [0.1, 0.15) is 5.82 Å². The van der Waals surface area contributed by atoms with Gasteiger partial charge in [-0.05, 0) is 38.8 Å². The summed E-state index contributed by atoms with van der Waals surface area (Å²) in [6, 6.07) is 0.384. The minimum Gasteiger partial charge on any atom is -0.317 e. The molecule has 0 amide bonds. The third-order valence-electron chi connectivity index (χ3n) is 4.38. The highest BCUT2D eigenvalue weighted by molar-refractivity contribution is 5.01. The van der Waals surface area contributed by atoms with E-state index in [-0.39, 0.29) is 5.69 Å². The molecular weight excluding hydrogens is 228 g/mol. The Bertz CT molecular complexity index is 438. The van der Waals surface area contributed by atoms with Crippen LogP contribution in [0.3, 0.4) is 0 Å². The van der Waals surface area contributed by atoms with Gasteiger partial charge in [0.05, 0.1) is 0 Å². The van der Waals surface area contributed by atoms with E-state index in [2.05, 4.69) is 15.5 Å². The number of nitrogens with zero attached hydrogens (tertiary/aromatic N) is 2. The maximum Gasteiger partial charge on any atom is 0.343 e. The first-order valence-corrected chi connectivity index (χ1v) is 7.24. The Morgan fingerprint density at radius 3 is 2.50 bits per heavy atom. The fourth-order valence-corrected chi connectivity index (χ4v) is 3.38. The second kappa shape index (κ2) is 5.26. The summed E-state index contributed by atoms with van der Waals surface area (Å²) in [6.07, 6.45) is 8.26. The minimum atomic E-state index is -0.00423. The molecular formula is C13H22N4O. The largest absolute Gasteiger partial charge is 0.343 e. The van der Waals surface area contributed by atoms with Crippen molar-refractivity contribution in [2.75, 3.05) is 13.1 Å². The highest BCUT2D eigenvalue weighted by Crippen LogP contribution is 2.31. The molecule has 0 spiro atoms. The van der Waals surface area contributed by atoms with E-state index >= 15 is 0 Å². The van der Waals surface area contributed by atoms with Gasteiger partial charge in [0.2, 0.25) is 0 Å². The molecule has 0 unspecified atom stereocenters. The first kappa shape index (κ1) is 12.0. The van der Waals surface area contributed by atoms with E-state index in [1.54, 1.807) is 0 Å². The number of piperidine rings is 1. The van der Waals surface area contributed by atoms with Crippen molar-refractivity contribution < 1.29 is 0 Å². The summed E-state index contributed by atoms with van der Waals surface area (Å²) in [7, 11) is 0. The molecule has 0 aromatic carbocycles. The van der Waals surface area contributed by atoms with Crippen LogP contribution in [0.15, 0.2) is 4.79 Å². The molecule has 0 bridgehead atoms. The summed E-state index contributed by atoms with van der Waals surface area (Å²) in [4.78, 5) is 12.0. The van der Waals surface area contributed by atoms with Crippen LogP contribution in [-0.2, 0) is 0 Å². The van der Waals surface area contributed by atoms with Crippen molar-refractivity contribution in [1.82, 2.24) is 20.1 Å². The smallest absolute Gasteiger partial charge is 0.317 e. The van der Waals surface area contributed by atoms with E-state index in [4.69, 9.17) is 0 Å². The van der Waals surface area contributed by atoms with Gasteiger partial charge in [-0.2, -0.15) is 5.10 Å². The predicted octanol–water partition coefficient (Wildman–Crippen LogP) is 1.54. The van der Waals surface area contributed by atoms with E-state index in [0.29, 0.717) is 12.0 Å². The highest BCUT2D eigenvalue weighted by Gasteiger charge is 2.26. The third-order valence-corrected chi connectivity index (χ3v) is 4.38. The van der Waals surface area contributed by atoms with Crippen molar-refractivity contribution in [3.05, 3.63) is 16.3 Å². The molecule has 1 saturated carbocycles. The molecule has 2 heterocycles. The molecule has 1 aromatic heterocycles. The lowest BCUT2D eigenvalue weighted by atomic mass is 9.93. The lowest BCUT2D eigenvalue weighted by Gasteiger charge is -2.27. The highest BCUT2D eigenvalue weighted by atomic mass is 16.1. The standard InChI is InChI=1S/C13H22N4O/c18-13-16-15-12(10-6-8-14-9-7-10)17(13)11-4-2-1-3-5-11/h10-11,14H,1-9H2,(H,16,18). The molecule has 1 aromatic rings. The molecule has 100 valence electrons. The van der Waals surface area contributed by atoms with Gasteiger partial charge in [-0.15, -0.1) is 0 Å². The van der Waals surface area contributed by atoms with Crippen LogP contribution in [0.1, 0.15) is 62.7 Å². The maximum atomic E-state index is 12.0. The average molecular weight is 250 g/mol. The third kappa shape index (κ3) is 2.23. The van der Waals surface area contributed by atoms with Gasteiger partial charge in [0.15, 0.2) is 0 Å². The van der Waals surface area contributed by atoms with Gasteiger partial charge in [-0.3, -0.25) is 4.57 Å². The monoisotopic (exact) mass is 250 g/mol. The normalized spacial score (nSPS) is 23.3. The summed E-state index contributed by atoms with van der Waals surface area (Å²) in [5.74, 6) is 1.46. The Balaban J connectivity index is 1.87. The predicted molar refractivity (Wildman–Crippen MR) is 69.8 cm³/mol. The topological polar surface area (TPSA) is 62.7 Å². The summed E-state index contributed by atoms with van der Waals surface area (Å²) in [5.41, 5.74) is -0.00423. The summed E-state index contributed by atoms with van der Waals surface area (Å²) >= 11 is 0. The van der Waals surface area contributed by atoms with Crippen molar-refractivity contribution in [3.8, 4) is 0 Å². The van der Waals surface area contributed by atoms with E-state index in [9.17, 15) is 4.79 Å². The lowest BCUT2D eigenvalue weighted by Crippen LogP contribution is -2.31. The van der Waals surface area contributed by atoms with Crippen molar-refractivity contribution in [2.45, 2.75) is 56.9 Å². The number of hydrogen-bond donors (Lipinski definition) is 2. The Morgan fingerprint density at radius 2 is 1.78 bits per heavy atom. The molecule has 1 aliphatic carbocycles. The molecule has 18 heavy (non-hydrogen) atoms. The zero-order valence-corrected chi connectivity index (χ0v) is 10.8. The number of aromatic amines is 1. The van der Waals surface area contributed by atoms with Crippen molar-refractivity contribution in [3.63, 3.8) is 0 Å². The minimum absolute atomic E-state index is 0.00423. The molecule has 1 saturated heterocycles. The van der Waals surface area contributed by atoms with Crippen LogP contribution >= 0.6 is 0 Å². The molecule has 3 rings (SSSR count). The summed E-state index contributed by atoms with van der Waals surface area (Å²) < 4.78 is 1.97. The average Bonchev–Trinajstić information content (AvgIpc) is 2.83. The first-order valence-electron chi connectivity index (χ1n) is 7.24. The van der Waals surface area contributed by atoms with Crippen LogP contribution in [-0.4, -0.2) is 27.9 Å². The second-order valence-electron chi connectivity index (χ2n) is 5.57. The van der Waals surface area contributed by atoms with Crippen LogP contribution in [0.4, 0.5) is 0 Å². The summed E-state index contributed by atoms with van der Waals surface area (Å²) in [6.45, 7) is 2.08. The molecule has 2 aliphatic rings. The summed E-state index contributed by atoms with van der Waals surface area (Å²) in [5, 5.41) is 10.3. The maximum absolute atomic E-state index is 12.0. The van der Waals surface area contributed by atoms with Crippen LogP contribution in [0.5, 0.6) is 0 Å². The van der Waals surface area contributed by atoms with Crippen LogP contribution in [0, 0.1) is 0 Å². The van der Waals surface area contributed by atoms with E-state index < -0.39 is 0 Å². The van der Waals surface area contributed by atoms with E-state index in [1.165, 1.54) is 19.3 Å². The lowest BCUT2D eigenvalue weighted by molar-refractivity contribution is 0.324. The van der Waals surface area contributed by atoms with E-state index in [0.717, 1.165) is 44.6 Å². The van der Waals surface area contributed by atoms with Gasteiger partial charge in [-0.1, -0.05) is 19.3 Å². The molecule has 1 aliphatic heterocycles. The van der Waals surface area contributed by atoms with Crippen molar-refractivity contribution in [2.24, 2.45) is 0 Å². The van der Waals surface area contributed by atoms with Gasteiger partial charge in [0, 0.05) is 12.0 Å². The molecule has 5 heteroatoms. The zero-order valence-electron chi connectivity index (χ0n) is 10.8. The quantitative estimate of drug-likeness (QED) is 0.837. The number of rotatable bonds is 2. The second-order valence-corrected chi connectivity index (χ2v) is 5.57. The number of H-pyrrole nitrogens is 1. The van der Waals surface area contributed by atoms with Gasteiger partial charge in [0.25, 0.3) is 0 Å². The fraction of sp³-hybridized carbons (Fsp3) is 0.846. The molecule has 0 radical (unpaired) electrons. The first-order chi connectivity index (χ1) is 8.86. The molecule has 2 fully saturated rings. The molecule has 5 nitrogen and oxygen atoms in total. The number of nitrogens with one attached hydrogen (secondary N) is 2. The van der Waals surface area contributed by atoms with Crippen LogP contribution in [0.2, 0.25) is 0 Å². The Morgan fingerprint density at radius 1 is 1.06 bits per heavy atom. The SMILES string of the molecule is O=c1[nH]nc(C2CCNCC2)n1C1CCCCC1. The van der Waals surface area contributed by atoms with Gasteiger partial charge < -0.3 is 5.32 Å². The molecule has 0 atom stereocenters. The molecule has 2 N–H and O–H groups in total. The Labute approximate surface area is 107 Å². The van der Waals surface area contributed by atoms with Crippen LogP contribution in [0.25, 0.3) is 0 Å². The fourth-order valence-electron chi connectivity index (χ4n) is 3.38. The van der Waals surface area contributed by atoms with E-state index in [1.807, 2.05) is 4.57 Å².